The Morgan fingerprint density at radius 3 is 1.32 bits per heavy atom. The molecule has 0 fully saturated rings. The number of ether oxygens (including phenoxy) is 1. The lowest BCUT2D eigenvalue weighted by molar-refractivity contribution is -0.384. The Bertz CT molecular complexity index is 7770. The van der Waals surface area contributed by atoms with E-state index < -0.39 is 34.3 Å². The predicted molar refractivity (Wildman–Crippen MR) is 528 cm³/mol. The number of nitro benzene ring substituents is 1. The molecule has 22 aromatic rings. The first-order valence-electron chi connectivity index (χ1n) is 41.7. The van der Waals surface area contributed by atoms with Crippen molar-refractivity contribution in [2.75, 3.05) is 13.7 Å². The van der Waals surface area contributed by atoms with Gasteiger partial charge in [0.05, 0.1) is 142 Å². The number of H-pyrrole nitrogens is 11. The van der Waals surface area contributed by atoms with Crippen LogP contribution >= 0.6 is 47.0 Å². The van der Waals surface area contributed by atoms with Crippen LogP contribution in [-0.4, -0.2) is 147 Å². The van der Waals surface area contributed by atoms with Gasteiger partial charge in [-0.25, -0.2) is 62.8 Å². The number of carbonyl (C=O) groups excluding carboxylic acids is 3. The first-order valence-corrected chi connectivity index (χ1v) is 43.2. The number of non-ortho nitro benzene ring substituents is 1. The number of carboxylic acid groups (broad SMARTS) is 1. The van der Waals surface area contributed by atoms with Gasteiger partial charge in [-0.05, 0) is 196 Å². The van der Waals surface area contributed by atoms with Crippen LogP contribution in [0.25, 0.3) is 121 Å². The topological polar surface area (TPSA) is 469 Å². The minimum atomic E-state index is -0.962. The van der Waals surface area contributed by atoms with Gasteiger partial charge in [-0.3, -0.25) is 24.5 Å². The number of para-hydroxylation sites is 2. The van der Waals surface area contributed by atoms with Gasteiger partial charge in [-0.2, -0.15) is 0 Å². The summed E-state index contributed by atoms with van der Waals surface area (Å²) in [6.45, 7) is 19.5. The van der Waals surface area contributed by atoms with Crippen LogP contribution in [0.15, 0.2) is 224 Å². The van der Waals surface area contributed by atoms with Crippen molar-refractivity contribution in [2.24, 2.45) is 5.73 Å². The smallest absolute Gasteiger partial charge is 0.337 e. The maximum absolute atomic E-state index is 12.9. The van der Waals surface area contributed by atoms with Crippen LogP contribution in [0.4, 0.5) is 18.9 Å². The predicted octanol–water partition coefficient (Wildman–Crippen LogP) is 22.8. The average molecular weight is 1910 g/mol. The summed E-state index contributed by atoms with van der Waals surface area (Å²) in [4.78, 5) is 126. The van der Waals surface area contributed by atoms with E-state index in [4.69, 9.17) is 62.6 Å². The first kappa shape index (κ1) is 97.0. The lowest BCUT2D eigenvalue weighted by Crippen LogP contribution is -2.17. The number of carbonyl (C=O) groups is 4. The number of halogens is 6. The number of rotatable bonds is 9. The van der Waals surface area contributed by atoms with Gasteiger partial charge in [0.25, 0.3) is 11.6 Å². The molecule has 0 unspecified atom stereocenters. The number of aromatic nitrogens is 20. The lowest BCUT2D eigenvalue weighted by atomic mass is 10.0. The first-order chi connectivity index (χ1) is 65.1. The average Bonchev–Trinajstić information content (AvgIpc) is 1.63. The lowest BCUT2D eigenvalue weighted by Gasteiger charge is -2.01. The number of hydrogen-bond acceptors (Lipinski definition) is 17. The van der Waals surface area contributed by atoms with Crippen LogP contribution in [-0.2, 0) is 0 Å². The van der Waals surface area contributed by atoms with Gasteiger partial charge in [0.2, 0.25) is 5.91 Å². The van der Waals surface area contributed by atoms with Gasteiger partial charge in [-0.1, -0.05) is 114 Å². The minimum absolute atomic E-state index is 0.0322. The molecule has 12 aromatic carbocycles. The number of fused-ring (bicyclic) bond motifs is 10. The summed E-state index contributed by atoms with van der Waals surface area (Å²) in [7, 11) is 1.62. The molecule has 38 heteroatoms. The highest BCUT2D eigenvalue weighted by Gasteiger charge is 2.16. The third kappa shape index (κ3) is 24.8. The van der Waals surface area contributed by atoms with E-state index in [1.807, 2.05) is 153 Å². The van der Waals surface area contributed by atoms with Crippen molar-refractivity contribution >= 4 is 187 Å². The Kier molecular flexibility index (Phi) is 31.2. The molecule has 0 atom stereocenters. The number of hydrogen-bond donors (Lipinski definition) is 14. The Morgan fingerprint density at radius 2 is 0.801 bits per heavy atom. The maximum Gasteiger partial charge on any atom is 0.337 e. The van der Waals surface area contributed by atoms with E-state index in [1.54, 1.807) is 74.6 Å². The zero-order chi connectivity index (χ0) is 97.3. The molecule has 0 aliphatic rings. The molecule has 0 saturated carbocycles. The van der Waals surface area contributed by atoms with E-state index in [1.165, 1.54) is 41.5 Å². The largest absolute Gasteiger partial charge is 0.494 e. The van der Waals surface area contributed by atoms with E-state index in [9.17, 15) is 42.5 Å². The standard InChI is InChI=1S/C15H12N2O.C14H12N2.C10H11N3O.C10H12N2O.C9H9N3O.C8H6Cl2N2.C8H6ClFN2.C8H6F2N2.C8H7N3O2.C8H6N2O2S/c1-10-16-13-8-7-12(9-14(13)17-10)15(18)11-5-3-2-4-6-11;1-10-15-13-9-5-8-12(14(13)16-10)11-6-3-2-4-7-11;1-6-12-8-4-3-7(10(14)11-2)5-9(8)13-6;1-3-13-8-4-5-9-10(6-8)12-7(2)11-9;1-5-11-7-3-2-6(9(10)13)4-8(7)12-5;3*1-4-11-7-2-5(9)6(10)3-8(7)12-4;1-5-9-7-3-2-6(11(12)13)4-8(7)10-5;11-7(12)4-2-1-3-5-6(4)10-8(13)9-5/h2-9H,1H3,(H,16,17);2-9H,1H3,(H,15,16);3-5H,1-2H3,(H,11,14)(H,12,13);4-6H,3H2,1-2H3,(H,11,12);2-4H,1H3,(H2,10,13)(H,11,12);3*2-3H,1H3,(H,11,12);2-4H,1H3,(H,9,10);1-3H,(H,11,12)(H2,9,10,13). The van der Waals surface area contributed by atoms with Crippen LogP contribution in [0.1, 0.15) is 106 Å². The van der Waals surface area contributed by atoms with Crippen molar-refractivity contribution in [3.63, 3.8) is 0 Å². The fraction of sp³-hybridized carbons (Fsp3) is 0.122. The number of amides is 2. The Labute approximate surface area is 791 Å². The molecule has 0 saturated heterocycles. The number of nitrogens with one attached hydrogen (secondary N) is 12. The number of benzene rings is 12. The zero-order valence-corrected chi connectivity index (χ0v) is 77.7. The minimum Gasteiger partial charge on any atom is -0.494 e. The van der Waals surface area contributed by atoms with E-state index >= 15 is 0 Å². The third-order valence-corrected chi connectivity index (χ3v) is 21.2. The second-order valence-corrected chi connectivity index (χ2v) is 32.0. The third-order valence-electron chi connectivity index (χ3n) is 20.0. The number of nitro groups is 1. The molecule has 0 radical (unpaired) electrons. The SMILES string of the molecule is CCOc1ccc2nc(C)[nH]c2c1.CNC(=O)c1ccc2nc(C)[nH]c2c1.Cc1nc2c(-c3ccccc3)cccc2[nH]1.Cc1nc2cc(Cl)c(Cl)cc2[nH]1.Cc1nc2cc(Cl)c(F)cc2[nH]1.Cc1nc2cc(F)c(F)cc2[nH]1.Cc1nc2ccc(C(=O)c3ccccc3)cc2[nH]1.Cc1nc2ccc(C(N)=O)cc2[nH]1.Cc1nc2ccc([N+](=O)[O-])cc2[nH]1.O=C(O)c1cccc2[nH]c(=S)[nH]c12. The summed E-state index contributed by atoms with van der Waals surface area (Å²) in [5.74, 6) is 4.77. The molecule has 15 N–H and O–H groups in total. The maximum atomic E-state index is 12.9. The second-order valence-electron chi connectivity index (χ2n) is 30.3. The molecular formula is C98H87Cl3F3N23O8S. The number of nitrogens with two attached hydrogens (primary N) is 1. The molecule has 690 valence electrons. The monoisotopic (exact) mass is 1910 g/mol. The van der Waals surface area contributed by atoms with Crippen molar-refractivity contribution in [3.05, 3.63) is 352 Å². The van der Waals surface area contributed by atoms with Crippen molar-refractivity contribution in [2.45, 2.75) is 69.2 Å². The van der Waals surface area contributed by atoms with Crippen LogP contribution in [0.5, 0.6) is 5.75 Å². The summed E-state index contributed by atoms with van der Waals surface area (Å²) in [6, 6.07) is 65.9. The Hall–Kier alpha value is -16.5. The zero-order valence-electron chi connectivity index (χ0n) is 74.6. The number of primary amides is 1. The van der Waals surface area contributed by atoms with Crippen LogP contribution in [0.2, 0.25) is 15.1 Å². The Balaban J connectivity index is 0.000000128. The van der Waals surface area contributed by atoms with Gasteiger partial charge in [0.15, 0.2) is 22.2 Å². The van der Waals surface area contributed by atoms with Crippen LogP contribution < -0.4 is 15.8 Å². The number of nitrogens with zero attached hydrogens (tertiary/aromatic N) is 10. The number of imidazole rings is 10. The molecule has 10 heterocycles. The van der Waals surface area contributed by atoms with Gasteiger partial charge >= 0.3 is 5.97 Å². The highest BCUT2D eigenvalue weighted by molar-refractivity contribution is 7.71. The highest BCUT2D eigenvalue weighted by Crippen LogP contribution is 2.30. The summed E-state index contributed by atoms with van der Waals surface area (Å²) in [5, 5.41) is 23.0. The number of carboxylic acids is 1. The summed E-state index contributed by atoms with van der Waals surface area (Å²) >= 11 is 22.1. The van der Waals surface area contributed by atoms with E-state index in [-0.39, 0.29) is 28.0 Å². The van der Waals surface area contributed by atoms with E-state index in [2.05, 4.69) is 135 Å². The molecule has 0 bridgehead atoms. The van der Waals surface area contributed by atoms with Crippen molar-refractivity contribution in [1.82, 2.24) is 105 Å². The number of aromatic amines is 11. The van der Waals surface area contributed by atoms with Gasteiger partial charge in [0, 0.05) is 71.3 Å². The molecule has 2 amide bonds. The molecule has 0 spiro atoms. The molecule has 136 heavy (non-hydrogen) atoms. The van der Waals surface area contributed by atoms with Crippen LogP contribution in [0.3, 0.4) is 0 Å². The molecule has 10 aromatic heterocycles. The van der Waals surface area contributed by atoms with Gasteiger partial charge in [-0.15, -0.1) is 0 Å². The van der Waals surface area contributed by atoms with Crippen LogP contribution in [0, 0.1) is 94.7 Å². The quantitative estimate of drug-likeness (QED) is 0.0276. The van der Waals surface area contributed by atoms with Gasteiger partial charge < -0.3 is 75.7 Å². The number of aryl methyl sites for hydroxylation is 9. The number of ketones is 1. The van der Waals surface area contributed by atoms with Gasteiger partial charge in [0.1, 0.15) is 64.0 Å². The fourth-order valence-corrected chi connectivity index (χ4v) is 14.7. The summed E-state index contributed by atoms with van der Waals surface area (Å²) < 4.78 is 44.0. The fourth-order valence-electron chi connectivity index (χ4n) is 14.0. The normalized spacial score (nSPS) is 10.7. The van der Waals surface area contributed by atoms with E-state index in [0.717, 1.165) is 136 Å². The van der Waals surface area contributed by atoms with Crippen molar-refractivity contribution < 1.29 is 47.1 Å². The highest BCUT2D eigenvalue weighted by atomic mass is 35.5. The van der Waals surface area contributed by atoms with Crippen molar-refractivity contribution in [3.8, 4) is 16.9 Å². The van der Waals surface area contributed by atoms with E-state index in [0.29, 0.717) is 88.1 Å². The molecule has 0 aliphatic carbocycles. The molecular weight excluding hydrogens is 1820 g/mol. The van der Waals surface area contributed by atoms with Crippen molar-refractivity contribution in [1.29, 1.82) is 0 Å². The molecule has 0 aliphatic heterocycles. The number of aromatic carboxylic acids is 1. The molecule has 31 nitrogen and oxygen atoms in total. The summed E-state index contributed by atoms with van der Waals surface area (Å²) in [6.07, 6.45) is 0. The Morgan fingerprint density at radius 1 is 0.404 bits per heavy atom. The second kappa shape index (κ2) is 43.7. The summed E-state index contributed by atoms with van der Waals surface area (Å²) in [5.41, 5.74) is 26.6. The molecule has 22 rings (SSSR count).